The number of amides is 1. The van der Waals surface area contributed by atoms with Gasteiger partial charge in [0.15, 0.2) is 0 Å². The molecule has 0 aliphatic rings. The van der Waals surface area contributed by atoms with Gasteiger partial charge in [-0.25, -0.2) is 0 Å². The van der Waals surface area contributed by atoms with Gasteiger partial charge in [-0.15, -0.1) is 0 Å². The molecule has 0 spiro atoms. The summed E-state index contributed by atoms with van der Waals surface area (Å²) in [5.74, 6) is 1.45. The Hall–Kier alpha value is -1.59. The number of carbonyl (C=O) groups is 1. The van der Waals surface area contributed by atoms with Gasteiger partial charge in [-0.2, -0.15) is 0 Å². The molecule has 26 heavy (non-hydrogen) atoms. The second-order valence-corrected chi connectivity index (χ2v) is 8.02. The lowest BCUT2D eigenvalue weighted by atomic mass is 9.84. The van der Waals surface area contributed by atoms with E-state index in [1.165, 1.54) is 0 Å². The average molecular weight is 365 g/mol. The van der Waals surface area contributed by atoms with Gasteiger partial charge in [0.25, 0.3) is 5.91 Å². The molecular weight excluding hydrogens is 328 g/mol. The number of anilines is 1. The van der Waals surface area contributed by atoms with Crippen LogP contribution in [0.3, 0.4) is 0 Å². The van der Waals surface area contributed by atoms with Gasteiger partial charge in [-0.05, 0) is 63.0 Å². The third-order valence-electron chi connectivity index (χ3n) is 4.20. The molecule has 0 saturated carbocycles. The molecule has 1 rings (SSSR count). The minimum Gasteiger partial charge on any atom is -0.492 e. The number of hydrogen-bond donors (Lipinski definition) is 1. The first-order valence-electron chi connectivity index (χ1n) is 9.42. The van der Waals surface area contributed by atoms with Gasteiger partial charge in [0, 0.05) is 19.3 Å². The van der Waals surface area contributed by atoms with Crippen molar-refractivity contribution in [2.24, 2.45) is 11.8 Å². The van der Waals surface area contributed by atoms with Gasteiger partial charge in [-0.3, -0.25) is 4.79 Å². The van der Waals surface area contributed by atoms with Crippen molar-refractivity contribution in [3.63, 3.8) is 0 Å². The zero-order chi connectivity index (χ0) is 19.7. The number of benzene rings is 1. The maximum atomic E-state index is 13.0. The fourth-order valence-corrected chi connectivity index (χ4v) is 3.07. The highest BCUT2D eigenvalue weighted by Crippen LogP contribution is 2.30. The number of ether oxygens (including phenoxy) is 2. The van der Waals surface area contributed by atoms with Crippen molar-refractivity contribution in [2.45, 2.75) is 46.1 Å². The lowest BCUT2D eigenvalue weighted by Gasteiger charge is -2.34. The minimum atomic E-state index is -0.802. The Balaban J connectivity index is 2.78. The van der Waals surface area contributed by atoms with Crippen LogP contribution in [0.15, 0.2) is 24.3 Å². The van der Waals surface area contributed by atoms with E-state index in [-0.39, 0.29) is 5.91 Å². The van der Waals surface area contributed by atoms with Gasteiger partial charge in [0.2, 0.25) is 0 Å². The SMILES string of the molecule is COC(CC(C)C)(CC(C)C)C(=O)Nc1ccc(OCCN(C)C)cc1. The molecule has 0 heterocycles. The summed E-state index contributed by atoms with van der Waals surface area (Å²) < 4.78 is 11.4. The van der Waals surface area contributed by atoms with Crippen molar-refractivity contribution in [1.82, 2.24) is 4.90 Å². The topological polar surface area (TPSA) is 50.8 Å². The largest absolute Gasteiger partial charge is 0.492 e. The van der Waals surface area contributed by atoms with E-state index in [0.717, 1.165) is 18.0 Å². The molecule has 5 nitrogen and oxygen atoms in total. The number of nitrogens with one attached hydrogen (secondary N) is 1. The molecule has 0 unspecified atom stereocenters. The van der Waals surface area contributed by atoms with Crippen LogP contribution in [-0.2, 0) is 9.53 Å². The van der Waals surface area contributed by atoms with Crippen molar-refractivity contribution < 1.29 is 14.3 Å². The summed E-state index contributed by atoms with van der Waals surface area (Å²) in [7, 11) is 5.66. The number of rotatable bonds is 11. The van der Waals surface area contributed by atoms with Crippen LogP contribution in [0.2, 0.25) is 0 Å². The van der Waals surface area contributed by atoms with E-state index in [1.54, 1.807) is 7.11 Å². The number of hydrogen-bond acceptors (Lipinski definition) is 4. The molecule has 148 valence electrons. The smallest absolute Gasteiger partial charge is 0.256 e. The van der Waals surface area contributed by atoms with Crippen molar-refractivity contribution in [3.05, 3.63) is 24.3 Å². The molecule has 1 N–H and O–H groups in total. The van der Waals surface area contributed by atoms with Crippen LogP contribution in [0.25, 0.3) is 0 Å². The predicted molar refractivity (Wildman–Crippen MR) is 108 cm³/mol. The Labute approximate surface area is 159 Å². The van der Waals surface area contributed by atoms with Crippen LogP contribution in [0.5, 0.6) is 5.75 Å². The summed E-state index contributed by atoms with van der Waals surface area (Å²) in [5, 5.41) is 3.02. The predicted octanol–water partition coefficient (Wildman–Crippen LogP) is 4.04. The fourth-order valence-electron chi connectivity index (χ4n) is 3.07. The van der Waals surface area contributed by atoms with Crippen molar-refractivity contribution in [1.29, 1.82) is 0 Å². The van der Waals surface area contributed by atoms with Crippen molar-refractivity contribution in [2.75, 3.05) is 39.7 Å². The van der Waals surface area contributed by atoms with E-state index < -0.39 is 5.60 Å². The minimum absolute atomic E-state index is 0.0799. The normalized spacial score (nSPS) is 12.1. The zero-order valence-corrected chi connectivity index (χ0v) is 17.5. The van der Waals surface area contributed by atoms with Gasteiger partial charge < -0.3 is 19.7 Å². The average Bonchev–Trinajstić information content (AvgIpc) is 2.54. The summed E-state index contributed by atoms with van der Waals surface area (Å²) in [6.45, 7) is 9.94. The van der Waals surface area contributed by atoms with Crippen LogP contribution >= 0.6 is 0 Å². The number of nitrogens with zero attached hydrogens (tertiary/aromatic N) is 1. The van der Waals surface area contributed by atoms with Crippen molar-refractivity contribution in [3.8, 4) is 5.75 Å². The molecule has 0 aliphatic carbocycles. The molecule has 1 amide bonds. The van der Waals surface area contributed by atoms with E-state index >= 15 is 0 Å². The molecule has 0 aliphatic heterocycles. The highest BCUT2D eigenvalue weighted by Gasteiger charge is 2.39. The molecular formula is C21H36N2O3. The first-order chi connectivity index (χ1) is 12.2. The highest BCUT2D eigenvalue weighted by molar-refractivity contribution is 5.97. The van der Waals surface area contributed by atoms with Crippen LogP contribution in [0.4, 0.5) is 5.69 Å². The van der Waals surface area contributed by atoms with Crippen LogP contribution < -0.4 is 10.1 Å². The standard InChI is InChI=1S/C21H36N2O3/c1-16(2)14-21(25-7,15-17(3)4)20(24)22-18-8-10-19(11-9-18)26-13-12-23(5)6/h8-11,16-17H,12-15H2,1-7H3,(H,22,24). The Morgan fingerprint density at radius 1 is 1.08 bits per heavy atom. The van der Waals surface area contributed by atoms with Crippen LogP contribution in [0.1, 0.15) is 40.5 Å². The second-order valence-electron chi connectivity index (χ2n) is 8.02. The zero-order valence-electron chi connectivity index (χ0n) is 17.5. The van der Waals surface area contributed by atoms with Gasteiger partial charge in [0.05, 0.1) is 0 Å². The molecule has 0 bridgehead atoms. The van der Waals surface area contributed by atoms with Crippen molar-refractivity contribution >= 4 is 11.6 Å². The number of methoxy groups -OCH3 is 1. The lowest BCUT2D eigenvalue weighted by molar-refractivity contribution is -0.142. The molecule has 5 heteroatoms. The molecule has 1 aromatic rings. The van der Waals surface area contributed by atoms with E-state index in [0.29, 0.717) is 31.3 Å². The highest BCUT2D eigenvalue weighted by atomic mass is 16.5. The lowest BCUT2D eigenvalue weighted by Crippen LogP contribution is -2.46. The van der Waals surface area contributed by atoms with Gasteiger partial charge in [0.1, 0.15) is 18.0 Å². The van der Waals surface area contributed by atoms with E-state index in [1.807, 2.05) is 38.4 Å². The first-order valence-corrected chi connectivity index (χ1v) is 9.42. The van der Waals surface area contributed by atoms with Crippen LogP contribution in [-0.4, -0.2) is 50.8 Å². The molecule has 0 atom stereocenters. The molecule has 0 fully saturated rings. The number of carbonyl (C=O) groups excluding carboxylic acids is 1. The second kappa shape index (κ2) is 10.5. The van der Waals surface area contributed by atoms with Gasteiger partial charge in [-0.1, -0.05) is 27.7 Å². The summed E-state index contributed by atoms with van der Waals surface area (Å²) in [6.07, 6.45) is 1.39. The Morgan fingerprint density at radius 2 is 1.62 bits per heavy atom. The maximum Gasteiger partial charge on any atom is 0.256 e. The van der Waals surface area contributed by atoms with E-state index in [2.05, 4.69) is 37.9 Å². The maximum absolute atomic E-state index is 13.0. The molecule has 0 aromatic heterocycles. The fraction of sp³-hybridized carbons (Fsp3) is 0.667. The third kappa shape index (κ3) is 7.34. The first kappa shape index (κ1) is 22.5. The summed E-state index contributed by atoms with van der Waals surface area (Å²) in [6, 6.07) is 7.50. The molecule has 0 radical (unpaired) electrons. The third-order valence-corrected chi connectivity index (χ3v) is 4.20. The molecule has 1 aromatic carbocycles. The Bertz CT molecular complexity index is 529. The Kier molecular flexibility index (Phi) is 9.09. The summed E-state index contributed by atoms with van der Waals surface area (Å²) >= 11 is 0. The number of likely N-dealkylation sites (N-methyl/N-ethyl adjacent to an activating group) is 1. The van der Waals surface area contributed by atoms with E-state index in [9.17, 15) is 4.79 Å². The Morgan fingerprint density at radius 3 is 2.04 bits per heavy atom. The van der Waals surface area contributed by atoms with E-state index in [4.69, 9.17) is 9.47 Å². The summed E-state index contributed by atoms with van der Waals surface area (Å²) in [4.78, 5) is 15.1. The monoisotopic (exact) mass is 364 g/mol. The van der Waals surface area contributed by atoms with Crippen LogP contribution in [0, 0.1) is 11.8 Å². The molecule has 0 saturated heterocycles. The summed E-state index contributed by atoms with van der Waals surface area (Å²) in [5.41, 5.74) is -0.0488. The van der Waals surface area contributed by atoms with Gasteiger partial charge >= 0.3 is 0 Å². The quantitative estimate of drug-likeness (QED) is 0.644.